The number of nitrogens with one attached hydrogen (secondary N) is 1. The molecule has 0 radical (unpaired) electrons. The second kappa shape index (κ2) is 5.63. The van der Waals surface area contributed by atoms with Crippen molar-refractivity contribution in [2.24, 2.45) is 5.41 Å². The number of amides is 2. The van der Waals surface area contributed by atoms with Crippen LogP contribution in [0.4, 0.5) is 11.4 Å². The van der Waals surface area contributed by atoms with Gasteiger partial charge in [-0.25, -0.2) is 0 Å². The zero-order chi connectivity index (χ0) is 15.7. The highest BCUT2D eigenvalue weighted by atomic mass is 16.2. The van der Waals surface area contributed by atoms with Crippen molar-refractivity contribution < 1.29 is 9.59 Å². The molecule has 3 rings (SSSR count). The number of carbonyl (C=O) groups excluding carboxylic acids is 2. The number of benzene rings is 1. The van der Waals surface area contributed by atoms with E-state index in [9.17, 15) is 9.59 Å². The zero-order valence-electron chi connectivity index (χ0n) is 13.3. The summed E-state index contributed by atoms with van der Waals surface area (Å²) in [6, 6.07) is 7.67. The highest BCUT2D eigenvalue weighted by Crippen LogP contribution is 2.48. The Morgan fingerprint density at radius 3 is 2.18 bits per heavy atom. The predicted molar refractivity (Wildman–Crippen MR) is 86.9 cm³/mol. The van der Waals surface area contributed by atoms with Crippen molar-refractivity contribution in [3.05, 3.63) is 24.3 Å². The maximum atomic E-state index is 12.6. The average Bonchev–Trinajstić information content (AvgIpc) is 3.14. The van der Waals surface area contributed by atoms with E-state index in [4.69, 9.17) is 0 Å². The predicted octanol–water partition coefficient (Wildman–Crippen LogP) is 2.09. The summed E-state index contributed by atoms with van der Waals surface area (Å²) in [6.07, 6.45) is 3.44. The molecule has 1 heterocycles. The van der Waals surface area contributed by atoms with E-state index in [0.29, 0.717) is 12.8 Å². The number of hydrogen-bond donors (Lipinski definition) is 1. The lowest BCUT2D eigenvalue weighted by Crippen LogP contribution is -2.41. The maximum absolute atomic E-state index is 12.6. The number of likely N-dealkylation sites (tertiary alicyclic amines) is 1. The molecule has 1 saturated heterocycles. The van der Waals surface area contributed by atoms with Crippen LogP contribution in [0.1, 0.15) is 25.7 Å². The van der Waals surface area contributed by atoms with Crippen LogP contribution in [-0.2, 0) is 9.59 Å². The van der Waals surface area contributed by atoms with Crippen molar-refractivity contribution >= 4 is 23.2 Å². The van der Waals surface area contributed by atoms with Gasteiger partial charge in [-0.1, -0.05) is 0 Å². The van der Waals surface area contributed by atoms with Gasteiger partial charge in [-0.15, -0.1) is 0 Å². The molecule has 1 aromatic rings. The summed E-state index contributed by atoms with van der Waals surface area (Å²) in [7, 11) is 3.95. The summed E-state index contributed by atoms with van der Waals surface area (Å²) in [6.45, 7) is 1.59. The monoisotopic (exact) mass is 301 g/mol. The van der Waals surface area contributed by atoms with Crippen LogP contribution in [0.15, 0.2) is 24.3 Å². The molecule has 0 aromatic heterocycles. The van der Waals surface area contributed by atoms with Gasteiger partial charge in [-0.3, -0.25) is 9.59 Å². The van der Waals surface area contributed by atoms with Crippen molar-refractivity contribution in [1.82, 2.24) is 4.90 Å². The molecule has 2 aliphatic rings. The largest absolute Gasteiger partial charge is 0.378 e. The third kappa shape index (κ3) is 2.67. The molecule has 0 bridgehead atoms. The molecular weight excluding hydrogens is 278 g/mol. The van der Waals surface area contributed by atoms with E-state index in [-0.39, 0.29) is 11.8 Å². The fourth-order valence-corrected chi connectivity index (χ4v) is 2.98. The van der Waals surface area contributed by atoms with Crippen LogP contribution in [0.2, 0.25) is 0 Å². The Balaban J connectivity index is 1.67. The van der Waals surface area contributed by atoms with Crippen LogP contribution in [0.5, 0.6) is 0 Å². The van der Waals surface area contributed by atoms with Gasteiger partial charge in [-0.05, 0) is 49.9 Å². The number of anilines is 2. The molecule has 118 valence electrons. The average molecular weight is 301 g/mol. The number of carbonyl (C=O) groups is 2. The van der Waals surface area contributed by atoms with Gasteiger partial charge in [0, 0.05) is 38.6 Å². The van der Waals surface area contributed by atoms with Gasteiger partial charge in [0.05, 0.1) is 0 Å². The Labute approximate surface area is 131 Å². The molecule has 1 N–H and O–H groups in total. The van der Waals surface area contributed by atoms with Gasteiger partial charge in [0.2, 0.25) is 11.8 Å². The van der Waals surface area contributed by atoms with Crippen LogP contribution in [0, 0.1) is 5.41 Å². The molecule has 0 spiro atoms. The Hall–Kier alpha value is -2.04. The molecule has 1 aromatic carbocycles. The van der Waals surface area contributed by atoms with E-state index in [2.05, 4.69) is 5.32 Å². The topological polar surface area (TPSA) is 52.7 Å². The maximum Gasteiger partial charge on any atom is 0.240 e. The molecule has 1 aliphatic heterocycles. The first kappa shape index (κ1) is 14.9. The normalized spacial score (nSPS) is 18.9. The molecule has 0 unspecified atom stereocenters. The number of rotatable bonds is 4. The van der Waals surface area contributed by atoms with Gasteiger partial charge in [0.15, 0.2) is 0 Å². The van der Waals surface area contributed by atoms with Crippen molar-refractivity contribution in [2.45, 2.75) is 25.7 Å². The van der Waals surface area contributed by atoms with E-state index in [1.165, 1.54) is 0 Å². The summed E-state index contributed by atoms with van der Waals surface area (Å²) in [5.41, 5.74) is 1.02. The first-order valence-corrected chi connectivity index (χ1v) is 7.91. The summed E-state index contributed by atoms with van der Waals surface area (Å²) >= 11 is 0. The molecule has 5 nitrogen and oxygen atoms in total. The van der Waals surface area contributed by atoms with E-state index in [1.54, 1.807) is 0 Å². The van der Waals surface area contributed by atoms with Gasteiger partial charge < -0.3 is 15.1 Å². The van der Waals surface area contributed by atoms with Gasteiger partial charge in [-0.2, -0.15) is 0 Å². The molecule has 1 saturated carbocycles. The minimum absolute atomic E-state index is 0.0208. The molecule has 2 amide bonds. The van der Waals surface area contributed by atoms with E-state index in [1.807, 2.05) is 48.2 Å². The lowest BCUT2D eigenvalue weighted by molar-refractivity contribution is -0.141. The Kier molecular flexibility index (Phi) is 3.81. The van der Waals surface area contributed by atoms with Crippen molar-refractivity contribution in [3.63, 3.8) is 0 Å². The zero-order valence-corrected chi connectivity index (χ0v) is 13.3. The van der Waals surface area contributed by atoms with Crippen LogP contribution < -0.4 is 10.2 Å². The Bertz CT molecular complexity index is 570. The highest BCUT2D eigenvalue weighted by molar-refractivity contribution is 6.13. The third-order valence-electron chi connectivity index (χ3n) is 4.63. The van der Waals surface area contributed by atoms with E-state index >= 15 is 0 Å². The second-order valence-electron chi connectivity index (χ2n) is 6.48. The smallest absolute Gasteiger partial charge is 0.240 e. The fourth-order valence-electron chi connectivity index (χ4n) is 2.98. The first-order valence-electron chi connectivity index (χ1n) is 7.91. The summed E-state index contributed by atoms with van der Waals surface area (Å²) in [5, 5.41) is 2.91. The third-order valence-corrected chi connectivity index (χ3v) is 4.63. The number of hydrogen-bond acceptors (Lipinski definition) is 3. The van der Waals surface area contributed by atoms with Gasteiger partial charge >= 0.3 is 0 Å². The van der Waals surface area contributed by atoms with Crippen molar-refractivity contribution in [2.75, 3.05) is 37.4 Å². The summed E-state index contributed by atoms with van der Waals surface area (Å²) < 4.78 is 0. The second-order valence-corrected chi connectivity index (χ2v) is 6.48. The van der Waals surface area contributed by atoms with E-state index in [0.717, 1.165) is 37.3 Å². The van der Waals surface area contributed by atoms with Crippen LogP contribution in [-0.4, -0.2) is 43.9 Å². The standard InChI is InChI=1S/C17H23N3O2/c1-19(2)14-7-5-13(6-8-14)18-15(21)17(9-10-17)16(22)20-11-3-4-12-20/h5-8H,3-4,9-12H2,1-2H3,(H,18,21). The molecular formula is C17H23N3O2. The van der Waals surface area contributed by atoms with Crippen LogP contribution in [0.3, 0.4) is 0 Å². The fraction of sp³-hybridized carbons (Fsp3) is 0.529. The minimum Gasteiger partial charge on any atom is -0.378 e. The molecule has 2 fully saturated rings. The summed E-state index contributed by atoms with van der Waals surface area (Å²) in [4.78, 5) is 29.0. The molecule has 1 aliphatic carbocycles. The lowest BCUT2D eigenvalue weighted by atomic mass is 10.0. The molecule has 5 heteroatoms. The SMILES string of the molecule is CN(C)c1ccc(NC(=O)C2(C(=O)N3CCCC3)CC2)cc1. The quantitative estimate of drug-likeness (QED) is 0.867. The van der Waals surface area contributed by atoms with Gasteiger partial charge in [0.1, 0.15) is 5.41 Å². The minimum atomic E-state index is -0.801. The van der Waals surface area contributed by atoms with Crippen LogP contribution >= 0.6 is 0 Å². The van der Waals surface area contributed by atoms with Crippen LogP contribution in [0.25, 0.3) is 0 Å². The molecule has 0 atom stereocenters. The highest BCUT2D eigenvalue weighted by Gasteiger charge is 2.58. The Morgan fingerprint density at radius 2 is 1.68 bits per heavy atom. The van der Waals surface area contributed by atoms with Crippen molar-refractivity contribution in [3.8, 4) is 0 Å². The van der Waals surface area contributed by atoms with Gasteiger partial charge in [0.25, 0.3) is 0 Å². The molecule has 22 heavy (non-hydrogen) atoms. The lowest BCUT2D eigenvalue weighted by Gasteiger charge is -2.22. The Morgan fingerprint density at radius 1 is 1.09 bits per heavy atom. The summed E-state index contributed by atoms with van der Waals surface area (Å²) in [5.74, 6) is -0.130. The number of nitrogens with zero attached hydrogens (tertiary/aromatic N) is 2. The van der Waals surface area contributed by atoms with Crippen molar-refractivity contribution in [1.29, 1.82) is 0 Å². The first-order chi connectivity index (χ1) is 10.5. The van der Waals surface area contributed by atoms with E-state index < -0.39 is 5.41 Å².